The first-order chi connectivity index (χ1) is 12.0. The number of benzene rings is 1. The molecule has 0 N–H and O–H groups in total. The number of fused-ring (bicyclic) bond motifs is 4. The van der Waals surface area contributed by atoms with Crippen LogP contribution in [0.4, 0.5) is 0 Å². The van der Waals surface area contributed by atoms with Gasteiger partial charge in [-0.05, 0) is 49.9 Å². The van der Waals surface area contributed by atoms with Gasteiger partial charge in [0.15, 0.2) is 0 Å². The Hall–Kier alpha value is -2.14. The van der Waals surface area contributed by atoms with E-state index >= 15 is 0 Å². The van der Waals surface area contributed by atoms with Crippen molar-refractivity contribution in [3.8, 4) is 0 Å². The highest BCUT2D eigenvalue weighted by molar-refractivity contribution is 5.93. The molecular formula is C20H24N2O3. The molecule has 25 heavy (non-hydrogen) atoms. The van der Waals surface area contributed by atoms with E-state index in [1.165, 1.54) is 6.92 Å². The first kappa shape index (κ1) is 16.3. The van der Waals surface area contributed by atoms with Crippen LogP contribution in [0.15, 0.2) is 30.5 Å². The van der Waals surface area contributed by atoms with Crippen molar-refractivity contribution in [3.05, 3.63) is 36.0 Å². The number of esters is 1. The van der Waals surface area contributed by atoms with E-state index in [-0.39, 0.29) is 24.0 Å². The standard InChI is InChI=1S/C20H24N2O3/c1-13(23)22-12-16(17-5-3-4-6-18(17)22)11-19-20(25-14(2)24)15-7-9-21(19)10-8-15/h3-6,12,15,19-20H,7-11H2,1-2H3. The highest BCUT2D eigenvalue weighted by Gasteiger charge is 2.44. The maximum atomic E-state index is 12.0. The fourth-order valence-corrected chi connectivity index (χ4v) is 4.61. The zero-order chi connectivity index (χ0) is 17.6. The van der Waals surface area contributed by atoms with Gasteiger partial charge in [0.1, 0.15) is 6.10 Å². The minimum absolute atomic E-state index is 0.0180. The molecule has 0 spiro atoms. The molecular weight excluding hydrogens is 316 g/mol. The lowest BCUT2D eigenvalue weighted by atomic mass is 9.78. The summed E-state index contributed by atoms with van der Waals surface area (Å²) in [6, 6.07) is 8.22. The van der Waals surface area contributed by atoms with Gasteiger partial charge in [0.05, 0.1) is 11.6 Å². The molecule has 1 aromatic heterocycles. The van der Waals surface area contributed by atoms with E-state index in [0.29, 0.717) is 5.92 Å². The Labute approximate surface area is 147 Å². The molecule has 3 aliphatic heterocycles. The van der Waals surface area contributed by atoms with Crippen LogP contribution in [0.5, 0.6) is 0 Å². The van der Waals surface area contributed by atoms with Crippen LogP contribution >= 0.6 is 0 Å². The van der Waals surface area contributed by atoms with Crippen LogP contribution in [0.2, 0.25) is 0 Å². The first-order valence-electron chi connectivity index (χ1n) is 9.06. The van der Waals surface area contributed by atoms with Crippen molar-refractivity contribution < 1.29 is 14.3 Å². The number of carbonyl (C=O) groups is 2. The highest BCUT2D eigenvalue weighted by Crippen LogP contribution is 2.37. The molecule has 3 saturated heterocycles. The lowest BCUT2D eigenvalue weighted by molar-refractivity contribution is -0.163. The van der Waals surface area contributed by atoms with E-state index in [9.17, 15) is 9.59 Å². The van der Waals surface area contributed by atoms with Crippen LogP contribution in [-0.4, -0.2) is 46.6 Å². The SMILES string of the molecule is CC(=O)OC1C2CCN(CC2)C1Cc1cn(C(C)=O)c2ccccc12. The smallest absolute Gasteiger partial charge is 0.302 e. The predicted molar refractivity (Wildman–Crippen MR) is 95.6 cm³/mol. The Bertz CT molecular complexity index is 817. The minimum Gasteiger partial charge on any atom is -0.461 e. The molecule has 4 heterocycles. The second-order valence-corrected chi connectivity index (χ2v) is 7.28. The second kappa shape index (κ2) is 6.30. The van der Waals surface area contributed by atoms with Crippen molar-refractivity contribution in [1.29, 1.82) is 0 Å². The van der Waals surface area contributed by atoms with Gasteiger partial charge in [0.2, 0.25) is 5.91 Å². The van der Waals surface area contributed by atoms with Crippen molar-refractivity contribution in [3.63, 3.8) is 0 Å². The van der Waals surface area contributed by atoms with Gasteiger partial charge in [-0.2, -0.15) is 0 Å². The monoisotopic (exact) mass is 340 g/mol. The summed E-state index contributed by atoms with van der Waals surface area (Å²) in [6.07, 6.45) is 4.92. The van der Waals surface area contributed by atoms with Gasteiger partial charge < -0.3 is 4.74 Å². The van der Waals surface area contributed by atoms with Gasteiger partial charge in [-0.15, -0.1) is 0 Å². The summed E-state index contributed by atoms with van der Waals surface area (Å²) in [5, 5.41) is 1.11. The molecule has 0 amide bonds. The van der Waals surface area contributed by atoms with E-state index in [2.05, 4.69) is 11.0 Å². The molecule has 0 aliphatic carbocycles. The summed E-state index contributed by atoms with van der Waals surface area (Å²) < 4.78 is 7.45. The number of piperidine rings is 3. The van der Waals surface area contributed by atoms with Crippen LogP contribution in [0.3, 0.4) is 0 Å². The Morgan fingerprint density at radius 1 is 1.16 bits per heavy atom. The summed E-state index contributed by atoms with van der Waals surface area (Å²) in [5.74, 6) is 0.277. The summed E-state index contributed by atoms with van der Waals surface area (Å²) in [5.41, 5.74) is 2.10. The molecule has 5 rings (SSSR count). The quantitative estimate of drug-likeness (QED) is 0.806. The Balaban J connectivity index is 1.70. The van der Waals surface area contributed by atoms with Gasteiger partial charge in [-0.3, -0.25) is 19.1 Å². The molecule has 0 radical (unpaired) electrons. The topological polar surface area (TPSA) is 51.5 Å². The normalized spacial score (nSPS) is 28.2. The largest absolute Gasteiger partial charge is 0.461 e. The van der Waals surface area contributed by atoms with Crippen molar-refractivity contribution in [2.75, 3.05) is 13.1 Å². The molecule has 1 aromatic carbocycles. The number of aromatic nitrogens is 1. The molecule has 5 heteroatoms. The van der Waals surface area contributed by atoms with Gasteiger partial charge in [-0.1, -0.05) is 18.2 Å². The fraction of sp³-hybridized carbons (Fsp3) is 0.500. The van der Waals surface area contributed by atoms with Crippen LogP contribution in [0, 0.1) is 5.92 Å². The van der Waals surface area contributed by atoms with Gasteiger partial charge in [-0.25, -0.2) is 0 Å². The lowest BCUT2D eigenvalue weighted by Crippen LogP contribution is -2.59. The Morgan fingerprint density at radius 3 is 2.56 bits per heavy atom. The molecule has 132 valence electrons. The van der Waals surface area contributed by atoms with Crippen LogP contribution < -0.4 is 0 Å². The molecule has 2 unspecified atom stereocenters. The van der Waals surface area contributed by atoms with Gasteiger partial charge >= 0.3 is 5.97 Å². The van der Waals surface area contributed by atoms with Crippen molar-refractivity contribution in [2.24, 2.45) is 5.92 Å². The first-order valence-corrected chi connectivity index (χ1v) is 9.06. The number of nitrogens with zero attached hydrogens (tertiary/aromatic N) is 2. The van der Waals surface area contributed by atoms with E-state index in [0.717, 1.165) is 48.8 Å². The molecule has 5 nitrogen and oxygen atoms in total. The highest BCUT2D eigenvalue weighted by atomic mass is 16.5. The second-order valence-electron chi connectivity index (χ2n) is 7.28. The number of hydrogen-bond donors (Lipinski definition) is 0. The van der Waals surface area contributed by atoms with E-state index in [1.807, 2.05) is 24.4 Å². The maximum absolute atomic E-state index is 12.0. The van der Waals surface area contributed by atoms with E-state index < -0.39 is 0 Å². The van der Waals surface area contributed by atoms with Gasteiger partial charge in [0.25, 0.3) is 0 Å². The third kappa shape index (κ3) is 2.86. The number of carbonyl (C=O) groups excluding carboxylic acids is 2. The third-order valence-corrected chi connectivity index (χ3v) is 5.75. The van der Waals surface area contributed by atoms with Crippen LogP contribution in [0.1, 0.15) is 37.0 Å². The average molecular weight is 340 g/mol. The van der Waals surface area contributed by atoms with Crippen molar-refractivity contribution >= 4 is 22.8 Å². The zero-order valence-electron chi connectivity index (χ0n) is 14.8. The average Bonchev–Trinajstić information content (AvgIpc) is 2.96. The molecule has 0 saturated carbocycles. The number of rotatable bonds is 3. The van der Waals surface area contributed by atoms with Crippen LogP contribution in [-0.2, 0) is 16.0 Å². The zero-order valence-corrected chi connectivity index (χ0v) is 14.8. The summed E-state index contributed by atoms with van der Waals surface area (Å²) >= 11 is 0. The Morgan fingerprint density at radius 2 is 1.88 bits per heavy atom. The van der Waals surface area contributed by atoms with E-state index in [1.54, 1.807) is 11.5 Å². The molecule has 2 aromatic rings. The summed E-state index contributed by atoms with van der Waals surface area (Å²) in [6.45, 7) is 5.22. The maximum Gasteiger partial charge on any atom is 0.302 e. The van der Waals surface area contributed by atoms with Crippen molar-refractivity contribution in [2.45, 2.75) is 45.3 Å². The van der Waals surface area contributed by atoms with E-state index in [4.69, 9.17) is 4.74 Å². The van der Waals surface area contributed by atoms with Crippen molar-refractivity contribution in [1.82, 2.24) is 9.47 Å². The molecule has 3 fully saturated rings. The lowest BCUT2D eigenvalue weighted by Gasteiger charge is -2.50. The number of ether oxygens (including phenoxy) is 1. The predicted octanol–water partition coefficient (Wildman–Crippen LogP) is 2.87. The molecule has 2 bridgehead atoms. The van der Waals surface area contributed by atoms with Crippen LogP contribution in [0.25, 0.3) is 10.9 Å². The minimum atomic E-state index is -0.199. The third-order valence-electron chi connectivity index (χ3n) is 5.75. The molecule has 3 aliphatic rings. The number of para-hydroxylation sites is 1. The fourth-order valence-electron chi connectivity index (χ4n) is 4.61. The Kier molecular flexibility index (Phi) is 4.12. The summed E-state index contributed by atoms with van der Waals surface area (Å²) in [7, 11) is 0. The summed E-state index contributed by atoms with van der Waals surface area (Å²) in [4.78, 5) is 26.0. The van der Waals surface area contributed by atoms with Gasteiger partial charge in [0, 0.05) is 25.4 Å². The molecule has 2 atom stereocenters. The number of hydrogen-bond acceptors (Lipinski definition) is 4.